The predicted octanol–water partition coefficient (Wildman–Crippen LogP) is 2.02. The fourth-order valence-electron chi connectivity index (χ4n) is 1.42. The lowest BCUT2D eigenvalue weighted by molar-refractivity contribution is 0.0502. The van der Waals surface area contributed by atoms with Crippen LogP contribution in [0.2, 0.25) is 0 Å². The van der Waals surface area contributed by atoms with Gasteiger partial charge in [-0.3, -0.25) is 0 Å². The maximum atomic E-state index is 9.89. The zero-order valence-electron chi connectivity index (χ0n) is 11.9. The minimum Gasteiger partial charge on any atom is -0.496 e. The Labute approximate surface area is 120 Å². The highest BCUT2D eigenvalue weighted by atomic mass is 32.1. The number of methoxy groups -OCH3 is 1. The largest absolute Gasteiger partial charge is 0.496 e. The molecule has 0 fully saturated rings. The SMILES string of the molecule is COc1ccccc1CNC(=S)NC(O)C(C)(C)C. The molecule has 0 bridgehead atoms. The van der Waals surface area contributed by atoms with Crippen molar-refractivity contribution in [2.24, 2.45) is 5.41 Å². The van der Waals surface area contributed by atoms with Gasteiger partial charge in [-0.05, 0) is 18.3 Å². The molecule has 19 heavy (non-hydrogen) atoms. The number of benzene rings is 1. The Bertz CT molecular complexity index is 430. The van der Waals surface area contributed by atoms with Crippen molar-refractivity contribution in [2.45, 2.75) is 33.5 Å². The normalized spacial score (nSPS) is 12.7. The van der Waals surface area contributed by atoms with Crippen LogP contribution in [0.15, 0.2) is 24.3 Å². The van der Waals surface area contributed by atoms with Gasteiger partial charge in [0.05, 0.1) is 7.11 Å². The van der Waals surface area contributed by atoms with E-state index in [2.05, 4.69) is 10.6 Å². The molecule has 1 atom stereocenters. The first-order valence-corrected chi connectivity index (χ1v) is 6.59. The van der Waals surface area contributed by atoms with Crippen LogP contribution in [-0.4, -0.2) is 23.6 Å². The van der Waals surface area contributed by atoms with Gasteiger partial charge in [-0.1, -0.05) is 39.0 Å². The smallest absolute Gasteiger partial charge is 0.168 e. The molecule has 1 aromatic rings. The average molecular weight is 282 g/mol. The number of aliphatic hydroxyl groups is 1. The molecule has 0 aliphatic heterocycles. The number of hydrogen-bond donors (Lipinski definition) is 3. The molecule has 0 saturated carbocycles. The highest BCUT2D eigenvalue weighted by molar-refractivity contribution is 7.80. The third kappa shape index (κ3) is 5.04. The fraction of sp³-hybridized carbons (Fsp3) is 0.500. The van der Waals surface area contributed by atoms with E-state index in [1.807, 2.05) is 45.0 Å². The molecule has 0 saturated heterocycles. The molecule has 0 aliphatic carbocycles. The van der Waals surface area contributed by atoms with E-state index in [0.717, 1.165) is 11.3 Å². The van der Waals surface area contributed by atoms with Crippen LogP contribution in [0, 0.1) is 5.41 Å². The summed E-state index contributed by atoms with van der Waals surface area (Å²) in [5.41, 5.74) is 0.746. The summed E-state index contributed by atoms with van der Waals surface area (Å²) in [7, 11) is 1.64. The lowest BCUT2D eigenvalue weighted by Crippen LogP contribution is -2.47. The minimum absolute atomic E-state index is 0.268. The standard InChI is InChI=1S/C14H22N2O2S/c1-14(2,3)12(17)16-13(19)15-9-10-7-5-6-8-11(10)18-4/h5-8,12,17H,9H2,1-4H3,(H2,15,16,19). The quantitative estimate of drug-likeness (QED) is 0.583. The van der Waals surface area contributed by atoms with Crippen LogP contribution in [-0.2, 0) is 6.54 Å². The van der Waals surface area contributed by atoms with Crippen LogP contribution in [0.4, 0.5) is 0 Å². The predicted molar refractivity (Wildman–Crippen MR) is 81.0 cm³/mol. The average Bonchev–Trinajstić information content (AvgIpc) is 2.35. The number of rotatable bonds is 4. The molecule has 106 valence electrons. The van der Waals surface area contributed by atoms with Gasteiger partial charge >= 0.3 is 0 Å². The summed E-state index contributed by atoms with van der Waals surface area (Å²) in [6.45, 7) is 6.36. The van der Waals surface area contributed by atoms with Gasteiger partial charge in [0.25, 0.3) is 0 Å². The van der Waals surface area contributed by atoms with Gasteiger partial charge in [0.15, 0.2) is 5.11 Å². The van der Waals surface area contributed by atoms with E-state index in [1.54, 1.807) is 7.11 Å². The molecule has 0 amide bonds. The molecular weight excluding hydrogens is 260 g/mol. The molecule has 1 unspecified atom stereocenters. The fourth-order valence-corrected chi connectivity index (χ4v) is 1.60. The molecular formula is C14H22N2O2S. The summed E-state index contributed by atoms with van der Waals surface area (Å²) in [6.07, 6.45) is -0.690. The summed E-state index contributed by atoms with van der Waals surface area (Å²) in [5.74, 6) is 0.814. The third-order valence-electron chi connectivity index (χ3n) is 2.72. The van der Waals surface area contributed by atoms with E-state index in [4.69, 9.17) is 17.0 Å². The second-order valence-electron chi connectivity index (χ2n) is 5.41. The van der Waals surface area contributed by atoms with Crippen molar-refractivity contribution in [3.05, 3.63) is 29.8 Å². The summed E-state index contributed by atoms with van der Waals surface area (Å²) in [5, 5.41) is 16.2. The summed E-state index contributed by atoms with van der Waals surface area (Å²) >= 11 is 5.15. The molecule has 1 aromatic carbocycles. The van der Waals surface area contributed by atoms with Crippen molar-refractivity contribution in [2.75, 3.05) is 7.11 Å². The van der Waals surface area contributed by atoms with Gasteiger partial charge in [-0.25, -0.2) is 0 Å². The number of nitrogens with one attached hydrogen (secondary N) is 2. The van der Waals surface area contributed by atoms with Crippen molar-refractivity contribution in [3.8, 4) is 5.75 Å². The molecule has 0 heterocycles. The zero-order chi connectivity index (χ0) is 14.5. The Morgan fingerprint density at radius 2 is 2.00 bits per heavy atom. The van der Waals surface area contributed by atoms with Crippen molar-refractivity contribution in [3.63, 3.8) is 0 Å². The summed E-state index contributed by atoms with van der Waals surface area (Å²) < 4.78 is 5.26. The van der Waals surface area contributed by atoms with Gasteiger partial charge in [0.2, 0.25) is 0 Å². The molecule has 0 aromatic heterocycles. The monoisotopic (exact) mass is 282 g/mol. The van der Waals surface area contributed by atoms with Crippen molar-refractivity contribution >= 4 is 17.3 Å². The van der Waals surface area contributed by atoms with Crippen molar-refractivity contribution in [1.29, 1.82) is 0 Å². The topological polar surface area (TPSA) is 53.5 Å². The van der Waals surface area contributed by atoms with E-state index in [-0.39, 0.29) is 5.41 Å². The number of aliphatic hydroxyl groups excluding tert-OH is 1. The Morgan fingerprint density at radius 1 is 1.37 bits per heavy atom. The van der Waals surface area contributed by atoms with Crippen molar-refractivity contribution in [1.82, 2.24) is 10.6 Å². The first-order chi connectivity index (χ1) is 8.84. The molecule has 4 nitrogen and oxygen atoms in total. The van der Waals surface area contributed by atoms with Gasteiger partial charge in [-0.15, -0.1) is 0 Å². The first-order valence-electron chi connectivity index (χ1n) is 6.19. The minimum atomic E-state index is -0.690. The Kier molecular flexibility index (Phi) is 5.57. The number of hydrogen-bond acceptors (Lipinski definition) is 3. The third-order valence-corrected chi connectivity index (χ3v) is 2.98. The van der Waals surface area contributed by atoms with Crippen LogP contribution >= 0.6 is 12.2 Å². The molecule has 1 rings (SSSR count). The van der Waals surface area contributed by atoms with Gasteiger partial charge in [-0.2, -0.15) is 0 Å². The molecule has 5 heteroatoms. The lowest BCUT2D eigenvalue weighted by Gasteiger charge is -2.27. The summed E-state index contributed by atoms with van der Waals surface area (Å²) in [6, 6.07) is 7.73. The van der Waals surface area contributed by atoms with Crippen LogP contribution in [0.25, 0.3) is 0 Å². The number of thiocarbonyl (C=S) groups is 1. The molecule has 3 N–H and O–H groups in total. The van der Waals surface area contributed by atoms with Gasteiger partial charge < -0.3 is 20.5 Å². The van der Waals surface area contributed by atoms with E-state index in [1.165, 1.54) is 0 Å². The number of ether oxygens (including phenoxy) is 1. The van der Waals surface area contributed by atoms with Crippen LogP contribution in [0.5, 0.6) is 5.75 Å². The van der Waals surface area contributed by atoms with E-state index in [9.17, 15) is 5.11 Å². The highest BCUT2D eigenvalue weighted by Gasteiger charge is 2.22. The van der Waals surface area contributed by atoms with Crippen LogP contribution in [0.1, 0.15) is 26.3 Å². The van der Waals surface area contributed by atoms with Gasteiger partial charge in [0.1, 0.15) is 12.0 Å². The first kappa shape index (κ1) is 15.7. The summed E-state index contributed by atoms with van der Waals surface area (Å²) in [4.78, 5) is 0. The molecule has 0 aliphatic rings. The van der Waals surface area contributed by atoms with Crippen LogP contribution < -0.4 is 15.4 Å². The highest BCUT2D eigenvalue weighted by Crippen LogP contribution is 2.18. The van der Waals surface area contributed by atoms with Gasteiger partial charge in [0, 0.05) is 17.5 Å². The maximum Gasteiger partial charge on any atom is 0.168 e. The zero-order valence-corrected chi connectivity index (χ0v) is 12.7. The van der Waals surface area contributed by atoms with E-state index < -0.39 is 6.23 Å². The van der Waals surface area contributed by atoms with Crippen molar-refractivity contribution < 1.29 is 9.84 Å². The Morgan fingerprint density at radius 3 is 2.58 bits per heavy atom. The van der Waals surface area contributed by atoms with E-state index in [0.29, 0.717) is 11.7 Å². The maximum absolute atomic E-state index is 9.89. The second-order valence-corrected chi connectivity index (χ2v) is 5.82. The Hall–Kier alpha value is -1.33. The molecule has 0 spiro atoms. The Balaban J connectivity index is 2.51. The molecule has 0 radical (unpaired) electrons. The number of para-hydroxylation sites is 1. The van der Waals surface area contributed by atoms with Crippen LogP contribution in [0.3, 0.4) is 0 Å². The van der Waals surface area contributed by atoms with E-state index >= 15 is 0 Å². The lowest BCUT2D eigenvalue weighted by atomic mass is 9.94. The second kappa shape index (κ2) is 6.73.